The highest BCUT2D eigenvalue weighted by Gasteiger charge is 2.31. The summed E-state index contributed by atoms with van der Waals surface area (Å²) in [4.78, 5) is 5.70. The highest BCUT2D eigenvalue weighted by Crippen LogP contribution is 2.52. The number of aryl methyl sites for hydroxylation is 1. The van der Waals surface area contributed by atoms with Crippen LogP contribution in [0, 0.1) is 13.8 Å². The Hall–Kier alpha value is -7.29. The SMILES string of the molecule is Cc1ccc2ccccc2c1-c1c(C(C)c2nc3ccccc3c(-c3ccc4c(c3)-c3ccccc3C4)c2C)c2c3cccc4c5ccccc5n(c43)c2c2ccccc12. The van der Waals surface area contributed by atoms with Crippen molar-refractivity contribution in [1.82, 2.24) is 9.38 Å². The van der Waals surface area contributed by atoms with Gasteiger partial charge in [0.25, 0.3) is 0 Å². The van der Waals surface area contributed by atoms with Gasteiger partial charge in [0.05, 0.1) is 27.8 Å². The van der Waals surface area contributed by atoms with Gasteiger partial charge in [0.1, 0.15) is 0 Å². The molecule has 1 aliphatic rings. The molecule has 12 aromatic rings. The Labute approximate surface area is 348 Å². The summed E-state index contributed by atoms with van der Waals surface area (Å²) in [6.45, 7) is 7.04. The number of aromatic nitrogens is 2. The van der Waals surface area contributed by atoms with Crippen LogP contribution >= 0.6 is 0 Å². The molecular formula is C58H40N2. The van der Waals surface area contributed by atoms with E-state index in [0.717, 1.165) is 17.6 Å². The molecule has 0 spiro atoms. The Morgan fingerprint density at radius 1 is 0.500 bits per heavy atom. The van der Waals surface area contributed by atoms with Crippen LogP contribution in [0.4, 0.5) is 0 Å². The van der Waals surface area contributed by atoms with Crippen LogP contribution in [0.15, 0.2) is 170 Å². The molecule has 0 saturated carbocycles. The van der Waals surface area contributed by atoms with Gasteiger partial charge in [-0.05, 0) is 116 Å². The standard InChI is InChI=1S/C58H40N2/c1-33-27-28-36-15-4-7-18-41(36)51(33)54-43-20-8-9-21-45(43)58-55(47-24-14-23-44-42-19-11-13-26-50(42)60(58)57(44)47)53(54)35(3)56-34(2)52(46-22-10-12-25-49(46)59-56)39-30-29-38-31-37-16-5-6-17-40(37)48(38)32-39/h4-30,32,35H,31H2,1-3H3. The summed E-state index contributed by atoms with van der Waals surface area (Å²) in [5.74, 6) is -0.0682. The predicted octanol–water partition coefficient (Wildman–Crippen LogP) is 15.4. The fraction of sp³-hybridized carbons (Fsp3) is 0.0862. The van der Waals surface area contributed by atoms with Crippen LogP contribution in [0.3, 0.4) is 0 Å². The lowest BCUT2D eigenvalue weighted by atomic mass is 9.79. The molecular weight excluding hydrogens is 725 g/mol. The summed E-state index contributed by atoms with van der Waals surface area (Å²) in [6.07, 6.45) is 0.984. The van der Waals surface area contributed by atoms with Crippen LogP contribution in [0.2, 0.25) is 0 Å². The first kappa shape index (κ1) is 33.7. The Kier molecular flexibility index (Phi) is 6.94. The van der Waals surface area contributed by atoms with Gasteiger partial charge in [-0.3, -0.25) is 4.98 Å². The van der Waals surface area contributed by atoms with Crippen molar-refractivity contribution in [3.63, 3.8) is 0 Å². The topological polar surface area (TPSA) is 17.3 Å². The third-order valence-electron chi connectivity index (χ3n) is 13.9. The second-order valence-corrected chi connectivity index (χ2v) is 17.0. The number of hydrogen-bond donors (Lipinski definition) is 0. The van der Waals surface area contributed by atoms with Crippen molar-refractivity contribution in [3.8, 4) is 33.4 Å². The number of fused-ring (bicyclic) bond motifs is 13. The molecule has 1 aliphatic carbocycles. The number of nitrogens with zero attached hydrogens (tertiary/aromatic N) is 2. The van der Waals surface area contributed by atoms with E-state index in [2.05, 4.69) is 195 Å². The lowest BCUT2D eigenvalue weighted by Gasteiger charge is -2.26. The molecule has 13 rings (SSSR count). The van der Waals surface area contributed by atoms with Gasteiger partial charge in [0.2, 0.25) is 0 Å². The molecule has 2 heteroatoms. The Balaban J connectivity index is 1.19. The summed E-state index contributed by atoms with van der Waals surface area (Å²) in [5, 5.41) is 11.5. The maximum atomic E-state index is 5.70. The minimum atomic E-state index is -0.0682. The van der Waals surface area contributed by atoms with Crippen LogP contribution < -0.4 is 0 Å². The van der Waals surface area contributed by atoms with Crippen LogP contribution in [0.5, 0.6) is 0 Å². The van der Waals surface area contributed by atoms with E-state index in [1.165, 1.54) is 126 Å². The highest BCUT2D eigenvalue weighted by molar-refractivity contribution is 6.31. The number of para-hydroxylation sites is 3. The van der Waals surface area contributed by atoms with Gasteiger partial charge in [0.15, 0.2) is 0 Å². The van der Waals surface area contributed by atoms with Gasteiger partial charge in [0, 0.05) is 38.2 Å². The zero-order valence-electron chi connectivity index (χ0n) is 33.8. The first-order valence-corrected chi connectivity index (χ1v) is 21.3. The molecule has 0 N–H and O–H groups in total. The number of hydrogen-bond acceptors (Lipinski definition) is 1. The molecule has 60 heavy (non-hydrogen) atoms. The first-order chi connectivity index (χ1) is 29.5. The minimum Gasteiger partial charge on any atom is -0.307 e. The monoisotopic (exact) mass is 764 g/mol. The van der Waals surface area contributed by atoms with Gasteiger partial charge >= 0.3 is 0 Å². The number of pyridine rings is 1. The third kappa shape index (κ3) is 4.46. The molecule has 2 nitrogen and oxygen atoms in total. The number of rotatable bonds is 4. The zero-order chi connectivity index (χ0) is 39.8. The molecule has 0 fully saturated rings. The van der Waals surface area contributed by atoms with Crippen molar-refractivity contribution in [3.05, 3.63) is 203 Å². The summed E-state index contributed by atoms with van der Waals surface area (Å²) in [7, 11) is 0. The van der Waals surface area contributed by atoms with E-state index < -0.39 is 0 Å². The van der Waals surface area contributed by atoms with E-state index in [1.807, 2.05) is 0 Å². The molecule has 0 amide bonds. The molecule has 0 bridgehead atoms. The average molecular weight is 765 g/mol. The largest absolute Gasteiger partial charge is 0.307 e. The van der Waals surface area contributed by atoms with Crippen LogP contribution in [0.1, 0.15) is 46.4 Å². The van der Waals surface area contributed by atoms with Gasteiger partial charge in [-0.15, -0.1) is 0 Å². The van der Waals surface area contributed by atoms with E-state index in [9.17, 15) is 0 Å². The molecule has 0 aliphatic heterocycles. The van der Waals surface area contributed by atoms with E-state index in [-0.39, 0.29) is 5.92 Å². The minimum absolute atomic E-state index is 0.0682. The van der Waals surface area contributed by atoms with E-state index in [0.29, 0.717) is 0 Å². The Morgan fingerprint density at radius 2 is 1.17 bits per heavy atom. The molecule has 0 saturated heterocycles. The van der Waals surface area contributed by atoms with Crippen molar-refractivity contribution in [2.75, 3.05) is 0 Å². The van der Waals surface area contributed by atoms with Crippen molar-refractivity contribution in [2.45, 2.75) is 33.1 Å². The summed E-state index contributed by atoms with van der Waals surface area (Å²) in [5.41, 5.74) is 20.4. The van der Waals surface area contributed by atoms with E-state index in [1.54, 1.807) is 0 Å². The second-order valence-electron chi connectivity index (χ2n) is 17.0. The Bertz CT molecular complexity index is 3790. The normalized spacial score (nSPS) is 13.1. The van der Waals surface area contributed by atoms with Crippen LogP contribution in [-0.2, 0) is 6.42 Å². The quantitative estimate of drug-likeness (QED) is 0.174. The zero-order valence-corrected chi connectivity index (χ0v) is 33.8. The molecule has 3 aromatic heterocycles. The maximum absolute atomic E-state index is 5.70. The predicted molar refractivity (Wildman–Crippen MR) is 254 cm³/mol. The van der Waals surface area contributed by atoms with Crippen LogP contribution in [0.25, 0.3) is 104 Å². The first-order valence-electron chi connectivity index (χ1n) is 21.3. The van der Waals surface area contributed by atoms with E-state index >= 15 is 0 Å². The molecule has 1 atom stereocenters. The maximum Gasteiger partial charge on any atom is 0.0712 e. The van der Waals surface area contributed by atoms with Crippen molar-refractivity contribution in [1.29, 1.82) is 0 Å². The fourth-order valence-electron chi connectivity index (χ4n) is 11.3. The van der Waals surface area contributed by atoms with Gasteiger partial charge in [-0.2, -0.15) is 0 Å². The summed E-state index contributed by atoms with van der Waals surface area (Å²) in [6, 6.07) is 63.4. The van der Waals surface area contributed by atoms with E-state index in [4.69, 9.17) is 4.98 Å². The van der Waals surface area contributed by atoms with Crippen LogP contribution in [-0.4, -0.2) is 9.38 Å². The summed E-state index contributed by atoms with van der Waals surface area (Å²) < 4.78 is 2.57. The number of benzene rings is 9. The lowest BCUT2D eigenvalue weighted by Crippen LogP contribution is -2.08. The van der Waals surface area contributed by atoms with Gasteiger partial charge in [-0.1, -0.05) is 159 Å². The Morgan fingerprint density at radius 3 is 2.05 bits per heavy atom. The lowest BCUT2D eigenvalue weighted by molar-refractivity contribution is 0.880. The van der Waals surface area contributed by atoms with Crippen molar-refractivity contribution < 1.29 is 0 Å². The summed E-state index contributed by atoms with van der Waals surface area (Å²) >= 11 is 0. The smallest absolute Gasteiger partial charge is 0.0712 e. The third-order valence-corrected chi connectivity index (χ3v) is 13.9. The second kappa shape index (κ2) is 12.4. The van der Waals surface area contributed by atoms with Crippen molar-refractivity contribution in [2.24, 2.45) is 0 Å². The van der Waals surface area contributed by atoms with Gasteiger partial charge in [-0.25, -0.2) is 0 Å². The molecule has 0 radical (unpaired) electrons. The molecule has 282 valence electrons. The van der Waals surface area contributed by atoms with Gasteiger partial charge < -0.3 is 4.40 Å². The molecule has 1 unspecified atom stereocenters. The van der Waals surface area contributed by atoms with Crippen molar-refractivity contribution >= 4 is 70.5 Å². The fourth-order valence-corrected chi connectivity index (χ4v) is 11.3. The average Bonchev–Trinajstić information content (AvgIpc) is 3.96. The molecule has 3 heterocycles. The highest BCUT2D eigenvalue weighted by atomic mass is 14.9. The molecule has 9 aromatic carbocycles.